The highest BCUT2D eigenvalue weighted by Gasteiger charge is 2.15. The van der Waals surface area contributed by atoms with Crippen LogP contribution in [0.15, 0.2) is 35.6 Å². The number of hydrogen-bond donors (Lipinski definition) is 2. The van der Waals surface area contributed by atoms with Gasteiger partial charge in [0, 0.05) is 5.54 Å². The van der Waals surface area contributed by atoms with Crippen LogP contribution in [0.3, 0.4) is 0 Å². The highest BCUT2D eigenvalue weighted by Crippen LogP contribution is 2.26. The van der Waals surface area contributed by atoms with Crippen molar-refractivity contribution in [3.8, 4) is 0 Å². The van der Waals surface area contributed by atoms with Gasteiger partial charge in [0.15, 0.2) is 0 Å². The SMILES string of the molecule is C=C(/C=C(NNC(C)(C)C)\C(C)=C/C)C(C)(C)C. The van der Waals surface area contributed by atoms with E-state index in [1.807, 2.05) is 6.92 Å². The molecule has 0 fully saturated rings. The summed E-state index contributed by atoms with van der Waals surface area (Å²) in [6, 6.07) is 0. The van der Waals surface area contributed by atoms with E-state index >= 15 is 0 Å². The third-order valence-electron chi connectivity index (χ3n) is 2.71. The Labute approximate surface area is 113 Å². The van der Waals surface area contributed by atoms with E-state index in [-0.39, 0.29) is 11.0 Å². The first-order valence-corrected chi connectivity index (χ1v) is 6.55. The Kier molecular flexibility index (Phi) is 5.88. The summed E-state index contributed by atoms with van der Waals surface area (Å²) in [5.41, 5.74) is 10.1. The van der Waals surface area contributed by atoms with Gasteiger partial charge < -0.3 is 5.43 Å². The van der Waals surface area contributed by atoms with Gasteiger partial charge in [0.2, 0.25) is 0 Å². The van der Waals surface area contributed by atoms with Gasteiger partial charge in [-0.15, -0.1) is 0 Å². The molecule has 0 radical (unpaired) electrons. The van der Waals surface area contributed by atoms with E-state index in [2.05, 4.69) is 78.0 Å². The highest BCUT2D eigenvalue weighted by molar-refractivity contribution is 5.35. The maximum Gasteiger partial charge on any atom is 0.0516 e. The van der Waals surface area contributed by atoms with Crippen LogP contribution >= 0.6 is 0 Å². The second-order valence-corrected chi connectivity index (χ2v) is 6.80. The summed E-state index contributed by atoms with van der Waals surface area (Å²) in [7, 11) is 0. The van der Waals surface area contributed by atoms with Crippen LogP contribution in [0.5, 0.6) is 0 Å². The lowest BCUT2D eigenvalue weighted by Crippen LogP contribution is -2.45. The van der Waals surface area contributed by atoms with Crippen molar-refractivity contribution >= 4 is 0 Å². The summed E-state index contributed by atoms with van der Waals surface area (Å²) in [5, 5.41) is 0. The van der Waals surface area contributed by atoms with Crippen LogP contribution in [0.4, 0.5) is 0 Å². The van der Waals surface area contributed by atoms with E-state index in [0.29, 0.717) is 0 Å². The summed E-state index contributed by atoms with van der Waals surface area (Å²) in [4.78, 5) is 0. The summed E-state index contributed by atoms with van der Waals surface area (Å²) < 4.78 is 0. The average molecular weight is 250 g/mol. The first kappa shape index (κ1) is 17.0. The Morgan fingerprint density at radius 2 is 1.56 bits per heavy atom. The standard InChI is InChI=1S/C16H30N2/c1-10-12(2)14(17-18-16(7,8)9)11-13(3)15(4,5)6/h10-11,17-18H,3H2,1-2,4-9H3/b12-10-,14-11+. The molecule has 0 unspecified atom stereocenters. The van der Waals surface area contributed by atoms with Gasteiger partial charge >= 0.3 is 0 Å². The number of nitrogens with one attached hydrogen (secondary N) is 2. The summed E-state index contributed by atoms with van der Waals surface area (Å²) in [6.45, 7) is 21.2. The molecule has 0 aromatic rings. The number of allylic oxidation sites excluding steroid dienone is 4. The lowest BCUT2D eigenvalue weighted by atomic mass is 9.86. The van der Waals surface area contributed by atoms with Crippen molar-refractivity contribution in [2.24, 2.45) is 5.41 Å². The van der Waals surface area contributed by atoms with Crippen LogP contribution in [0.1, 0.15) is 55.4 Å². The zero-order valence-corrected chi connectivity index (χ0v) is 13.4. The van der Waals surface area contributed by atoms with Crippen LogP contribution in [-0.2, 0) is 0 Å². The maximum absolute atomic E-state index is 4.16. The van der Waals surface area contributed by atoms with Gasteiger partial charge in [-0.05, 0) is 57.3 Å². The zero-order chi connectivity index (χ0) is 14.6. The van der Waals surface area contributed by atoms with Crippen LogP contribution in [0.2, 0.25) is 0 Å². The zero-order valence-electron chi connectivity index (χ0n) is 13.4. The molecule has 18 heavy (non-hydrogen) atoms. The van der Waals surface area contributed by atoms with E-state index in [0.717, 1.165) is 11.3 Å². The van der Waals surface area contributed by atoms with Gasteiger partial charge in [0.25, 0.3) is 0 Å². The molecule has 0 heterocycles. The largest absolute Gasteiger partial charge is 0.321 e. The molecular formula is C16H30N2. The molecule has 0 saturated carbocycles. The van der Waals surface area contributed by atoms with Crippen molar-refractivity contribution in [3.63, 3.8) is 0 Å². The molecule has 0 aliphatic rings. The van der Waals surface area contributed by atoms with Crippen molar-refractivity contribution in [2.75, 3.05) is 0 Å². The van der Waals surface area contributed by atoms with Crippen molar-refractivity contribution in [2.45, 2.75) is 60.9 Å². The third-order valence-corrected chi connectivity index (χ3v) is 2.71. The molecule has 0 aliphatic heterocycles. The Bertz CT molecular complexity index is 346. The molecular weight excluding hydrogens is 220 g/mol. The Balaban J connectivity index is 5.03. The summed E-state index contributed by atoms with van der Waals surface area (Å²) >= 11 is 0. The summed E-state index contributed by atoms with van der Waals surface area (Å²) in [6.07, 6.45) is 4.22. The molecule has 0 amide bonds. The molecule has 2 nitrogen and oxygen atoms in total. The van der Waals surface area contributed by atoms with E-state index in [4.69, 9.17) is 0 Å². The molecule has 0 atom stereocenters. The first-order valence-electron chi connectivity index (χ1n) is 6.55. The smallest absolute Gasteiger partial charge is 0.0516 e. The highest BCUT2D eigenvalue weighted by atomic mass is 15.4. The van der Waals surface area contributed by atoms with E-state index < -0.39 is 0 Å². The minimum absolute atomic E-state index is 0.0240. The van der Waals surface area contributed by atoms with E-state index in [1.165, 1.54) is 5.57 Å². The molecule has 2 heteroatoms. The molecule has 0 spiro atoms. The maximum atomic E-state index is 4.16. The fourth-order valence-corrected chi connectivity index (χ4v) is 1.05. The second-order valence-electron chi connectivity index (χ2n) is 6.80. The fraction of sp³-hybridized carbons (Fsp3) is 0.625. The predicted molar refractivity (Wildman–Crippen MR) is 82.1 cm³/mol. The van der Waals surface area contributed by atoms with Gasteiger partial charge in [-0.2, -0.15) is 0 Å². The fourth-order valence-electron chi connectivity index (χ4n) is 1.05. The number of rotatable bonds is 4. The monoisotopic (exact) mass is 250 g/mol. The second kappa shape index (κ2) is 6.24. The predicted octanol–water partition coefficient (Wildman–Crippen LogP) is 4.33. The number of hydrazine groups is 1. The van der Waals surface area contributed by atoms with Crippen molar-refractivity contribution < 1.29 is 0 Å². The van der Waals surface area contributed by atoms with Crippen LogP contribution < -0.4 is 10.9 Å². The summed E-state index contributed by atoms with van der Waals surface area (Å²) in [5.74, 6) is 0. The van der Waals surface area contributed by atoms with Gasteiger partial charge in [-0.1, -0.05) is 33.4 Å². The molecule has 0 rings (SSSR count). The third kappa shape index (κ3) is 6.65. The topological polar surface area (TPSA) is 24.1 Å². The molecule has 0 aromatic heterocycles. The molecule has 0 bridgehead atoms. The van der Waals surface area contributed by atoms with Gasteiger partial charge in [0.05, 0.1) is 5.70 Å². The Hall–Kier alpha value is -1.02. The first-order chi connectivity index (χ1) is 7.97. The van der Waals surface area contributed by atoms with Crippen LogP contribution in [0.25, 0.3) is 0 Å². The Morgan fingerprint density at radius 3 is 1.89 bits per heavy atom. The molecule has 0 aliphatic carbocycles. The quantitative estimate of drug-likeness (QED) is 0.573. The Morgan fingerprint density at radius 1 is 1.06 bits per heavy atom. The average Bonchev–Trinajstić information content (AvgIpc) is 2.19. The molecule has 104 valence electrons. The van der Waals surface area contributed by atoms with Crippen molar-refractivity contribution in [3.05, 3.63) is 35.6 Å². The van der Waals surface area contributed by atoms with Gasteiger partial charge in [0.1, 0.15) is 0 Å². The van der Waals surface area contributed by atoms with E-state index in [9.17, 15) is 0 Å². The minimum atomic E-state index is 0.0240. The van der Waals surface area contributed by atoms with Crippen molar-refractivity contribution in [1.82, 2.24) is 10.9 Å². The van der Waals surface area contributed by atoms with Crippen LogP contribution in [-0.4, -0.2) is 5.54 Å². The van der Waals surface area contributed by atoms with Crippen molar-refractivity contribution in [1.29, 1.82) is 0 Å². The molecule has 0 aromatic carbocycles. The van der Waals surface area contributed by atoms with Gasteiger partial charge in [-0.25, -0.2) is 5.43 Å². The van der Waals surface area contributed by atoms with E-state index in [1.54, 1.807) is 0 Å². The number of hydrogen-bond acceptors (Lipinski definition) is 2. The lowest BCUT2D eigenvalue weighted by Gasteiger charge is -2.25. The molecule has 0 saturated heterocycles. The lowest BCUT2D eigenvalue weighted by molar-refractivity contribution is 0.384. The molecule has 2 N–H and O–H groups in total. The van der Waals surface area contributed by atoms with Crippen LogP contribution in [0, 0.1) is 5.41 Å². The minimum Gasteiger partial charge on any atom is -0.321 e. The van der Waals surface area contributed by atoms with Gasteiger partial charge in [-0.3, -0.25) is 0 Å². The normalized spacial score (nSPS) is 14.7.